The Bertz CT molecular complexity index is 619. The zero-order valence-corrected chi connectivity index (χ0v) is 14.0. The third-order valence-electron chi connectivity index (χ3n) is 3.77. The molecule has 1 saturated carbocycles. The van der Waals surface area contributed by atoms with Crippen molar-refractivity contribution in [1.82, 2.24) is 10.0 Å². The SMILES string of the molecule is CNCc1cc(Cl)cc(S(=O)(=O)NCC2CC2C)c1OC. The lowest BCUT2D eigenvalue weighted by Gasteiger charge is -2.15. The molecule has 0 bridgehead atoms. The van der Waals surface area contributed by atoms with Crippen LogP contribution in [0.25, 0.3) is 0 Å². The average molecular weight is 333 g/mol. The van der Waals surface area contributed by atoms with Crippen molar-refractivity contribution >= 4 is 21.6 Å². The molecule has 0 radical (unpaired) electrons. The molecule has 1 fully saturated rings. The van der Waals surface area contributed by atoms with Crippen LogP contribution in [0.5, 0.6) is 5.75 Å². The Balaban J connectivity index is 2.31. The smallest absolute Gasteiger partial charge is 0.244 e. The van der Waals surface area contributed by atoms with E-state index >= 15 is 0 Å². The highest BCUT2D eigenvalue weighted by molar-refractivity contribution is 7.89. The number of benzene rings is 1. The molecule has 0 saturated heterocycles. The molecule has 5 nitrogen and oxygen atoms in total. The first-order chi connectivity index (χ1) is 9.89. The molecule has 2 unspecified atom stereocenters. The van der Waals surface area contributed by atoms with E-state index in [4.69, 9.17) is 16.3 Å². The van der Waals surface area contributed by atoms with Gasteiger partial charge in [-0.3, -0.25) is 0 Å². The van der Waals surface area contributed by atoms with Crippen LogP contribution in [-0.4, -0.2) is 29.1 Å². The van der Waals surface area contributed by atoms with Crippen molar-refractivity contribution in [1.29, 1.82) is 0 Å². The first-order valence-electron chi connectivity index (χ1n) is 6.89. The minimum Gasteiger partial charge on any atom is -0.495 e. The summed E-state index contributed by atoms with van der Waals surface area (Å²) in [6.07, 6.45) is 1.07. The van der Waals surface area contributed by atoms with Gasteiger partial charge in [-0.05, 0) is 37.4 Å². The van der Waals surface area contributed by atoms with E-state index in [0.29, 0.717) is 41.3 Å². The lowest BCUT2D eigenvalue weighted by atomic mass is 10.2. The van der Waals surface area contributed by atoms with Crippen LogP contribution in [0.3, 0.4) is 0 Å². The average Bonchev–Trinajstić information content (AvgIpc) is 3.12. The second kappa shape index (κ2) is 6.52. The van der Waals surface area contributed by atoms with Crippen LogP contribution in [0, 0.1) is 11.8 Å². The normalized spacial score (nSPS) is 21.3. The first kappa shape index (κ1) is 16.5. The molecule has 1 aliphatic carbocycles. The number of methoxy groups -OCH3 is 1. The predicted octanol–water partition coefficient (Wildman–Crippen LogP) is 2.00. The second-order valence-electron chi connectivity index (χ2n) is 5.45. The standard InChI is InChI=1S/C14H21ClN2O3S/c1-9-4-10(9)8-17-21(18,19)13-6-12(15)5-11(7-16-2)14(13)20-3/h5-6,9-10,16-17H,4,7-8H2,1-3H3. The lowest BCUT2D eigenvalue weighted by molar-refractivity contribution is 0.396. The summed E-state index contributed by atoms with van der Waals surface area (Å²) in [5.41, 5.74) is 0.715. The molecule has 0 amide bonds. The van der Waals surface area contributed by atoms with E-state index in [0.717, 1.165) is 6.42 Å². The molecule has 7 heteroatoms. The van der Waals surface area contributed by atoms with E-state index in [2.05, 4.69) is 17.0 Å². The predicted molar refractivity (Wildman–Crippen MR) is 83.2 cm³/mol. The van der Waals surface area contributed by atoms with Crippen LogP contribution in [0.15, 0.2) is 17.0 Å². The van der Waals surface area contributed by atoms with Crippen molar-refractivity contribution in [2.45, 2.75) is 24.8 Å². The van der Waals surface area contributed by atoms with Crippen LogP contribution in [0.2, 0.25) is 5.02 Å². The third-order valence-corrected chi connectivity index (χ3v) is 5.42. The van der Waals surface area contributed by atoms with Crippen LogP contribution < -0.4 is 14.8 Å². The molecule has 21 heavy (non-hydrogen) atoms. The van der Waals surface area contributed by atoms with Gasteiger partial charge in [-0.1, -0.05) is 18.5 Å². The van der Waals surface area contributed by atoms with Crippen molar-refractivity contribution < 1.29 is 13.2 Å². The number of nitrogens with one attached hydrogen (secondary N) is 2. The Morgan fingerprint density at radius 1 is 1.43 bits per heavy atom. The summed E-state index contributed by atoms with van der Waals surface area (Å²) < 4.78 is 32.9. The Labute approximate surface area is 131 Å². The fraction of sp³-hybridized carbons (Fsp3) is 0.571. The summed E-state index contributed by atoms with van der Waals surface area (Å²) in [5, 5.41) is 3.35. The number of halogens is 1. The van der Waals surface area contributed by atoms with E-state index in [1.165, 1.54) is 13.2 Å². The minimum absolute atomic E-state index is 0.0936. The molecule has 0 aliphatic heterocycles. The number of hydrogen-bond acceptors (Lipinski definition) is 4. The van der Waals surface area contributed by atoms with Crippen molar-refractivity contribution in [3.63, 3.8) is 0 Å². The molecule has 2 N–H and O–H groups in total. The number of rotatable bonds is 7. The number of hydrogen-bond donors (Lipinski definition) is 2. The van der Waals surface area contributed by atoms with E-state index in [9.17, 15) is 8.42 Å². The summed E-state index contributed by atoms with van der Waals surface area (Å²) in [4.78, 5) is 0.0936. The minimum atomic E-state index is -3.63. The molecule has 2 atom stereocenters. The lowest BCUT2D eigenvalue weighted by Crippen LogP contribution is -2.27. The van der Waals surface area contributed by atoms with E-state index in [1.54, 1.807) is 13.1 Å². The maximum absolute atomic E-state index is 12.5. The summed E-state index contributed by atoms with van der Waals surface area (Å²) in [5.74, 6) is 1.36. The highest BCUT2D eigenvalue weighted by Crippen LogP contribution is 2.37. The van der Waals surface area contributed by atoms with Crippen molar-refractivity contribution in [3.05, 3.63) is 22.7 Å². The van der Waals surface area contributed by atoms with Gasteiger partial charge in [0.25, 0.3) is 0 Å². The fourth-order valence-corrected chi connectivity index (χ4v) is 3.99. The van der Waals surface area contributed by atoms with E-state index < -0.39 is 10.0 Å². The van der Waals surface area contributed by atoms with Gasteiger partial charge >= 0.3 is 0 Å². The van der Waals surface area contributed by atoms with Gasteiger partial charge in [-0.2, -0.15) is 0 Å². The first-order valence-corrected chi connectivity index (χ1v) is 8.75. The molecule has 118 valence electrons. The maximum Gasteiger partial charge on any atom is 0.244 e. The molecular formula is C14H21ClN2O3S. The topological polar surface area (TPSA) is 67.4 Å². The Morgan fingerprint density at radius 2 is 2.10 bits per heavy atom. The summed E-state index contributed by atoms with van der Waals surface area (Å²) >= 11 is 6.04. The molecule has 0 aromatic heterocycles. The van der Waals surface area contributed by atoms with Gasteiger partial charge in [-0.25, -0.2) is 13.1 Å². The van der Waals surface area contributed by atoms with Gasteiger partial charge in [0, 0.05) is 23.7 Å². The zero-order valence-electron chi connectivity index (χ0n) is 12.4. The van der Waals surface area contributed by atoms with Crippen LogP contribution >= 0.6 is 11.6 Å². The van der Waals surface area contributed by atoms with Crippen molar-refractivity contribution in [3.8, 4) is 5.75 Å². The molecule has 1 aromatic carbocycles. The van der Waals surface area contributed by atoms with Gasteiger partial charge in [0.2, 0.25) is 10.0 Å². The van der Waals surface area contributed by atoms with Crippen LogP contribution in [0.4, 0.5) is 0 Å². The molecule has 1 aliphatic rings. The molecule has 2 rings (SSSR count). The second-order valence-corrected chi connectivity index (χ2v) is 7.62. The maximum atomic E-state index is 12.5. The Hall–Kier alpha value is -0.820. The molecule has 1 aromatic rings. The monoisotopic (exact) mass is 332 g/mol. The van der Waals surface area contributed by atoms with E-state index in [1.807, 2.05) is 0 Å². The van der Waals surface area contributed by atoms with E-state index in [-0.39, 0.29) is 4.90 Å². The third kappa shape index (κ3) is 3.88. The number of ether oxygens (including phenoxy) is 1. The Morgan fingerprint density at radius 3 is 2.62 bits per heavy atom. The summed E-state index contributed by atoms with van der Waals surface area (Å²) in [6, 6.07) is 3.14. The van der Waals surface area contributed by atoms with Crippen molar-refractivity contribution in [2.24, 2.45) is 11.8 Å². The quantitative estimate of drug-likeness (QED) is 0.801. The van der Waals surface area contributed by atoms with Gasteiger partial charge < -0.3 is 10.1 Å². The number of sulfonamides is 1. The molecule has 0 heterocycles. The van der Waals surface area contributed by atoms with Gasteiger partial charge in [0.15, 0.2) is 0 Å². The van der Waals surface area contributed by atoms with Crippen molar-refractivity contribution in [2.75, 3.05) is 20.7 Å². The highest BCUT2D eigenvalue weighted by Gasteiger charge is 2.34. The highest BCUT2D eigenvalue weighted by atomic mass is 35.5. The zero-order chi connectivity index (χ0) is 15.6. The fourth-order valence-electron chi connectivity index (χ4n) is 2.35. The summed E-state index contributed by atoms with van der Waals surface area (Å²) in [6.45, 7) is 3.05. The Kier molecular flexibility index (Phi) is 5.14. The van der Waals surface area contributed by atoms with Gasteiger partial charge in [0.1, 0.15) is 10.6 Å². The summed E-state index contributed by atoms with van der Waals surface area (Å²) in [7, 11) is -0.390. The van der Waals surface area contributed by atoms with Gasteiger partial charge in [-0.15, -0.1) is 0 Å². The van der Waals surface area contributed by atoms with Crippen LogP contribution in [0.1, 0.15) is 18.9 Å². The molecular weight excluding hydrogens is 312 g/mol. The van der Waals surface area contributed by atoms with Crippen LogP contribution in [-0.2, 0) is 16.6 Å². The van der Waals surface area contributed by atoms with Gasteiger partial charge in [0.05, 0.1) is 7.11 Å². The largest absolute Gasteiger partial charge is 0.495 e. The molecule has 0 spiro atoms.